The molecule has 0 N–H and O–H groups in total. The van der Waals surface area contributed by atoms with Crippen LogP contribution in [0.2, 0.25) is 0 Å². The lowest BCUT2D eigenvalue weighted by Gasteiger charge is -2.32. The largest absolute Gasteiger partial charge is 0.621 e. The van der Waals surface area contributed by atoms with Gasteiger partial charge in [0.1, 0.15) is 5.75 Å². The quantitative estimate of drug-likeness (QED) is 0.625. The van der Waals surface area contributed by atoms with Crippen LogP contribution in [0.15, 0.2) is 24.3 Å². The highest BCUT2D eigenvalue weighted by atomic mass is 16.5. The Hall–Kier alpha value is -2.04. The van der Waals surface area contributed by atoms with Crippen molar-refractivity contribution in [1.29, 1.82) is 0 Å². The van der Waals surface area contributed by atoms with Crippen molar-refractivity contribution in [2.24, 2.45) is 5.92 Å². The van der Waals surface area contributed by atoms with Crippen LogP contribution in [-0.4, -0.2) is 41.1 Å². The summed E-state index contributed by atoms with van der Waals surface area (Å²) in [5.74, 6) is 0.250. The number of hydrogen-bond acceptors (Lipinski definition) is 3. The summed E-state index contributed by atoms with van der Waals surface area (Å²) in [6.45, 7) is 5.64. The average molecular weight is 276 g/mol. The molecule has 0 aromatic heterocycles. The molecule has 0 spiro atoms. The molecule has 1 heterocycles. The van der Waals surface area contributed by atoms with Gasteiger partial charge in [0, 0.05) is 19.9 Å². The van der Waals surface area contributed by atoms with Crippen LogP contribution < -0.4 is 4.74 Å². The molecule has 1 unspecified atom stereocenters. The number of hydroxylamine groups is 1. The standard InChI is InChI=1S/C15H20N2O3/c1-10(2)15(3)16(4)14(18)13(17(15)19)11-8-6-7-9-12(11)20-5/h6-10H,1-5H3. The second kappa shape index (κ2) is 4.81. The number of ether oxygens (including phenoxy) is 1. The van der Waals surface area contributed by atoms with E-state index in [1.165, 1.54) is 12.0 Å². The summed E-state index contributed by atoms with van der Waals surface area (Å²) in [6.07, 6.45) is 0. The fourth-order valence-corrected chi connectivity index (χ4v) is 2.50. The third-order valence-electron chi connectivity index (χ3n) is 4.26. The summed E-state index contributed by atoms with van der Waals surface area (Å²) in [7, 11) is 3.19. The van der Waals surface area contributed by atoms with Gasteiger partial charge in [-0.2, -0.15) is 4.74 Å². The first kappa shape index (κ1) is 14.4. The van der Waals surface area contributed by atoms with Crippen molar-refractivity contribution in [3.05, 3.63) is 35.0 Å². The van der Waals surface area contributed by atoms with Crippen molar-refractivity contribution in [2.45, 2.75) is 26.4 Å². The molecule has 5 heteroatoms. The summed E-state index contributed by atoms with van der Waals surface area (Å²) in [5.41, 5.74) is -0.208. The van der Waals surface area contributed by atoms with Gasteiger partial charge < -0.3 is 9.94 Å². The Labute approximate surface area is 119 Å². The summed E-state index contributed by atoms with van der Waals surface area (Å²) in [6, 6.07) is 7.07. The number of carbonyl (C=O) groups excluding carboxylic acids is 1. The summed E-state index contributed by atoms with van der Waals surface area (Å²) < 4.78 is 6.08. The van der Waals surface area contributed by atoms with E-state index >= 15 is 0 Å². The molecule has 2 rings (SSSR count). The average Bonchev–Trinajstić information content (AvgIpc) is 2.61. The van der Waals surface area contributed by atoms with Crippen LogP contribution in [0.25, 0.3) is 0 Å². The summed E-state index contributed by atoms with van der Waals surface area (Å²) >= 11 is 0. The van der Waals surface area contributed by atoms with Crippen molar-refractivity contribution in [3.8, 4) is 5.75 Å². The van der Waals surface area contributed by atoms with E-state index in [1.54, 1.807) is 32.2 Å². The van der Waals surface area contributed by atoms with Gasteiger partial charge in [-0.1, -0.05) is 26.0 Å². The molecule has 1 aliphatic heterocycles. The van der Waals surface area contributed by atoms with Crippen LogP contribution in [-0.2, 0) is 4.79 Å². The lowest BCUT2D eigenvalue weighted by molar-refractivity contribution is -0.570. The zero-order valence-corrected chi connectivity index (χ0v) is 12.5. The molecule has 0 fully saturated rings. The smallest absolute Gasteiger partial charge is 0.325 e. The number of hydrogen-bond donors (Lipinski definition) is 0. The molecule has 1 amide bonds. The van der Waals surface area contributed by atoms with Gasteiger partial charge in [0.05, 0.1) is 12.7 Å². The van der Waals surface area contributed by atoms with Crippen LogP contribution in [0.5, 0.6) is 5.75 Å². The Morgan fingerprint density at radius 2 is 1.95 bits per heavy atom. The molecule has 1 atom stereocenters. The highest BCUT2D eigenvalue weighted by molar-refractivity contribution is 6.44. The highest BCUT2D eigenvalue weighted by Crippen LogP contribution is 2.32. The van der Waals surface area contributed by atoms with Crippen LogP contribution >= 0.6 is 0 Å². The minimum absolute atomic E-state index is 0.00107. The fourth-order valence-electron chi connectivity index (χ4n) is 2.50. The van der Waals surface area contributed by atoms with Crippen LogP contribution in [0.3, 0.4) is 0 Å². The minimum Gasteiger partial charge on any atom is -0.621 e. The van der Waals surface area contributed by atoms with Gasteiger partial charge in [0.15, 0.2) is 0 Å². The number of likely N-dealkylation sites (N-methyl/N-ethyl adjacent to an activating group) is 1. The number of nitrogens with zero attached hydrogens (tertiary/aromatic N) is 2. The van der Waals surface area contributed by atoms with Crippen molar-refractivity contribution in [1.82, 2.24) is 4.90 Å². The van der Waals surface area contributed by atoms with Gasteiger partial charge in [-0.15, -0.1) is 0 Å². The number of para-hydroxylation sites is 1. The first-order valence-electron chi connectivity index (χ1n) is 6.61. The van der Waals surface area contributed by atoms with Crippen molar-refractivity contribution in [3.63, 3.8) is 0 Å². The fraction of sp³-hybridized carbons (Fsp3) is 0.467. The maximum Gasteiger partial charge on any atom is 0.325 e. The molecule has 0 saturated heterocycles. The first-order valence-corrected chi connectivity index (χ1v) is 6.61. The van der Waals surface area contributed by atoms with E-state index < -0.39 is 5.66 Å². The normalized spacial score (nSPS) is 22.9. The summed E-state index contributed by atoms with van der Waals surface area (Å²) in [5, 5.41) is 12.7. The molecular formula is C15H20N2O3. The number of methoxy groups -OCH3 is 1. The SMILES string of the molecule is COc1ccccc1C1=[N+]([O-])C(C)(C(C)C)N(C)C1=O. The maximum absolute atomic E-state index is 12.7. The Bertz CT molecular complexity index is 580. The van der Waals surface area contributed by atoms with Gasteiger partial charge in [0.2, 0.25) is 0 Å². The van der Waals surface area contributed by atoms with Gasteiger partial charge in [-0.25, -0.2) is 0 Å². The van der Waals surface area contributed by atoms with E-state index in [-0.39, 0.29) is 17.5 Å². The van der Waals surface area contributed by atoms with E-state index in [9.17, 15) is 10.0 Å². The predicted octanol–water partition coefficient (Wildman–Crippen LogP) is 1.84. The molecule has 20 heavy (non-hydrogen) atoms. The second-order valence-corrected chi connectivity index (χ2v) is 5.46. The van der Waals surface area contributed by atoms with Gasteiger partial charge in [-0.05, 0) is 12.1 Å². The maximum atomic E-state index is 12.7. The molecule has 108 valence electrons. The van der Waals surface area contributed by atoms with Crippen LogP contribution in [0, 0.1) is 11.1 Å². The zero-order chi connectivity index (χ0) is 15.1. The zero-order valence-electron chi connectivity index (χ0n) is 12.5. The lowest BCUT2D eigenvalue weighted by Crippen LogP contribution is -2.51. The topological polar surface area (TPSA) is 55.6 Å². The van der Waals surface area contributed by atoms with Crippen LogP contribution in [0.1, 0.15) is 26.3 Å². The third-order valence-corrected chi connectivity index (χ3v) is 4.26. The highest BCUT2D eigenvalue weighted by Gasteiger charge is 2.54. The molecule has 5 nitrogen and oxygen atoms in total. The molecule has 0 bridgehead atoms. The minimum atomic E-state index is -0.882. The van der Waals surface area contributed by atoms with Crippen molar-refractivity contribution < 1.29 is 14.3 Å². The van der Waals surface area contributed by atoms with E-state index in [0.717, 1.165) is 4.74 Å². The van der Waals surface area contributed by atoms with Crippen LogP contribution in [0.4, 0.5) is 0 Å². The van der Waals surface area contributed by atoms with E-state index in [2.05, 4.69) is 0 Å². The van der Waals surface area contributed by atoms with Gasteiger partial charge in [-0.3, -0.25) is 9.69 Å². The first-order chi connectivity index (χ1) is 9.35. The number of rotatable bonds is 3. The third kappa shape index (κ3) is 1.77. The molecule has 0 saturated carbocycles. The van der Waals surface area contributed by atoms with Crippen molar-refractivity contribution >= 4 is 11.6 Å². The number of carbonyl (C=O) groups is 1. The Morgan fingerprint density at radius 3 is 2.45 bits per heavy atom. The van der Waals surface area contributed by atoms with Gasteiger partial charge in [0.25, 0.3) is 11.4 Å². The predicted molar refractivity (Wildman–Crippen MR) is 76.7 cm³/mol. The lowest BCUT2D eigenvalue weighted by atomic mass is 9.98. The monoisotopic (exact) mass is 276 g/mol. The van der Waals surface area contributed by atoms with E-state index in [1.807, 2.05) is 19.9 Å². The molecule has 1 aliphatic rings. The molecule has 0 radical (unpaired) electrons. The van der Waals surface area contributed by atoms with E-state index in [0.29, 0.717) is 11.3 Å². The molecule has 0 aliphatic carbocycles. The molecule has 1 aromatic rings. The Balaban J connectivity index is 2.67. The second-order valence-electron chi connectivity index (χ2n) is 5.46. The van der Waals surface area contributed by atoms with Crippen molar-refractivity contribution in [2.75, 3.05) is 14.2 Å². The Kier molecular flexibility index (Phi) is 3.46. The molecule has 1 aromatic carbocycles. The van der Waals surface area contributed by atoms with E-state index in [4.69, 9.17) is 4.74 Å². The molecular weight excluding hydrogens is 256 g/mol. The number of amides is 1. The van der Waals surface area contributed by atoms with Gasteiger partial charge >= 0.3 is 5.91 Å². The number of benzene rings is 1. The Morgan fingerprint density at radius 1 is 1.35 bits per heavy atom. The summed E-state index contributed by atoms with van der Waals surface area (Å²) in [4.78, 5) is 14.0.